The second-order valence-electron chi connectivity index (χ2n) is 9.03. The molecule has 0 spiro atoms. The molecule has 0 heterocycles. The first-order valence-electron chi connectivity index (χ1n) is 11.9. The molecule has 2 amide bonds. The van der Waals surface area contributed by atoms with Crippen LogP contribution in [0.1, 0.15) is 29.2 Å². The lowest BCUT2D eigenvalue weighted by atomic mass is 10.1. The molecule has 3 rings (SSSR count). The lowest BCUT2D eigenvalue weighted by molar-refractivity contribution is -0.139. The summed E-state index contributed by atoms with van der Waals surface area (Å²) in [4.78, 5) is 27.5. The molecule has 0 bridgehead atoms. The third kappa shape index (κ3) is 6.54. The number of sulfonamides is 1. The van der Waals surface area contributed by atoms with E-state index in [1.54, 1.807) is 37.3 Å². The maximum absolute atomic E-state index is 13.8. The number of hydrogen-bond acceptors (Lipinski definition) is 4. The molecule has 1 atom stereocenters. The van der Waals surface area contributed by atoms with Gasteiger partial charge in [0.2, 0.25) is 11.8 Å². The van der Waals surface area contributed by atoms with Gasteiger partial charge in [0.15, 0.2) is 0 Å². The fourth-order valence-corrected chi connectivity index (χ4v) is 5.23. The second kappa shape index (κ2) is 11.6. The number of rotatable bonds is 9. The van der Waals surface area contributed by atoms with Crippen LogP contribution in [0, 0.1) is 26.6 Å². The van der Waals surface area contributed by atoms with E-state index in [9.17, 15) is 22.4 Å². The Labute approximate surface area is 218 Å². The Morgan fingerprint density at radius 3 is 2.11 bits per heavy atom. The molecule has 1 N–H and O–H groups in total. The van der Waals surface area contributed by atoms with Crippen LogP contribution >= 0.6 is 0 Å². The van der Waals surface area contributed by atoms with Gasteiger partial charge in [0.1, 0.15) is 18.4 Å². The molecular weight excluding hydrogens is 493 g/mol. The highest BCUT2D eigenvalue weighted by atomic mass is 32.2. The SMILES string of the molecule is CNC(=O)C(C)N(Cc1ccc(F)cc1)C(=O)CN(c1ccc(C)c(C)c1)S(=O)(=O)c1ccc(C)cc1. The maximum atomic E-state index is 13.8. The fourth-order valence-electron chi connectivity index (χ4n) is 3.82. The van der Waals surface area contributed by atoms with Gasteiger partial charge in [-0.1, -0.05) is 35.9 Å². The number of likely N-dealkylation sites (N-methyl/N-ethyl adjacent to an activating group) is 1. The van der Waals surface area contributed by atoms with Gasteiger partial charge in [0.05, 0.1) is 10.6 Å². The molecule has 37 heavy (non-hydrogen) atoms. The molecule has 1 unspecified atom stereocenters. The lowest BCUT2D eigenvalue weighted by Crippen LogP contribution is -2.50. The summed E-state index contributed by atoms with van der Waals surface area (Å²) in [7, 11) is -2.66. The predicted molar refractivity (Wildman–Crippen MR) is 142 cm³/mol. The minimum Gasteiger partial charge on any atom is -0.357 e. The van der Waals surface area contributed by atoms with Crippen LogP contribution in [0.4, 0.5) is 10.1 Å². The Kier molecular flexibility index (Phi) is 8.70. The monoisotopic (exact) mass is 525 g/mol. The molecular formula is C28H32FN3O4S. The Bertz CT molecular complexity index is 1370. The van der Waals surface area contributed by atoms with Crippen LogP contribution in [0.2, 0.25) is 0 Å². The van der Waals surface area contributed by atoms with E-state index >= 15 is 0 Å². The number of halogens is 1. The van der Waals surface area contributed by atoms with Crippen LogP contribution < -0.4 is 9.62 Å². The summed E-state index contributed by atoms with van der Waals surface area (Å²) in [6, 6.07) is 16.3. The zero-order valence-corrected chi connectivity index (χ0v) is 22.5. The molecule has 3 aromatic rings. The van der Waals surface area contributed by atoms with Crippen LogP contribution in [0.25, 0.3) is 0 Å². The summed E-state index contributed by atoms with van der Waals surface area (Å²) in [5.74, 6) is -1.41. The quantitative estimate of drug-likeness (QED) is 0.456. The van der Waals surface area contributed by atoms with Crippen molar-refractivity contribution in [1.82, 2.24) is 10.2 Å². The van der Waals surface area contributed by atoms with Gasteiger partial charge in [-0.3, -0.25) is 13.9 Å². The highest BCUT2D eigenvalue weighted by molar-refractivity contribution is 7.92. The number of aryl methyl sites for hydroxylation is 3. The standard InChI is InChI=1S/C28H32FN3O4S/c1-19-6-14-26(15-7-19)37(35,36)32(25-13-8-20(2)21(3)16-25)18-27(33)31(22(4)28(34)30-5)17-23-9-11-24(29)12-10-23/h6-16,22H,17-18H2,1-5H3,(H,30,34). The van der Waals surface area contributed by atoms with E-state index in [4.69, 9.17) is 0 Å². The van der Waals surface area contributed by atoms with Gasteiger partial charge in [-0.2, -0.15) is 0 Å². The van der Waals surface area contributed by atoms with Crippen LogP contribution in [0.15, 0.2) is 71.6 Å². The normalized spacial score (nSPS) is 12.1. The van der Waals surface area contributed by atoms with Gasteiger partial charge in [0, 0.05) is 13.6 Å². The Morgan fingerprint density at radius 1 is 0.919 bits per heavy atom. The van der Waals surface area contributed by atoms with Crippen LogP contribution in [-0.4, -0.2) is 44.8 Å². The summed E-state index contributed by atoms with van der Waals surface area (Å²) in [6.45, 7) is 6.67. The Morgan fingerprint density at radius 2 is 1.54 bits per heavy atom. The molecule has 0 radical (unpaired) electrons. The van der Waals surface area contributed by atoms with Crippen molar-refractivity contribution >= 4 is 27.5 Å². The largest absolute Gasteiger partial charge is 0.357 e. The van der Waals surface area contributed by atoms with Crippen molar-refractivity contribution in [3.05, 3.63) is 94.8 Å². The van der Waals surface area contributed by atoms with Crippen molar-refractivity contribution in [2.45, 2.75) is 45.2 Å². The minimum atomic E-state index is -4.12. The molecule has 0 aliphatic carbocycles. The predicted octanol–water partition coefficient (Wildman–Crippen LogP) is 4.11. The number of benzene rings is 3. The first-order chi connectivity index (χ1) is 17.4. The average Bonchev–Trinajstić information content (AvgIpc) is 2.87. The summed E-state index contributed by atoms with van der Waals surface area (Å²) in [5, 5.41) is 2.53. The molecule has 0 saturated heterocycles. The smallest absolute Gasteiger partial charge is 0.264 e. The van der Waals surface area contributed by atoms with Crippen LogP contribution in [0.5, 0.6) is 0 Å². The number of hydrogen-bond donors (Lipinski definition) is 1. The van der Waals surface area contributed by atoms with Crippen LogP contribution in [0.3, 0.4) is 0 Å². The van der Waals surface area contributed by atoms with Crippen molar-refractivity contribution in [1.29, 1.82) is 0 Å². The summed E-state index contributed by atoms with van der Waals surface area (Å²) in [6.07, 6.45) is 0. The topological polar surface area (TPSA) is 86.8 Å². The second-order valence-corrected chi connectivity index (χ2v) is 10.9. The van der Waals surface area contributed by atoms with Gasteiger partial charge in [0.25, 0.3) is 10.0 Å². The number of carbonyl (C=O) groups is 2. The van der Waals surface area contributed by atoms with Crippen molar-refractivity contribution < 1.29 is 22.4 Å². The van der Waals surface area contributed by atoms with Gasteiger partial charge >= 0.3 is 0 Å². The van der Waals surface area contributed by atoms with E-state index in [1.165, 1.54) is 48.3 Å². The maximum Gasteiger partial charge on any atom is 0.264 e. The Hall–Kier alpha value is -3.72. The average molecular weight is 526 g/mol. The fraction of sp³-hybridized carbons (Fsp3) is 0.286. The van der Waals surface area contributed by atoms with E-state index in [1.807, 2.05) is 20.8 Å². The number of amides is 2. The number of nitrogens with one attached hydrogen (secondary N) is 1. The number of nitrogens with zero attached hydrogens (tertiary/aromatic N) is 2. The molecule has 0 saturated carbocycles. The van der Waals surface area contributed by atoms with Crippen molar-refractivity contribution in [3.8, 4) is 0 Å². The third-order valence-corrected chi connectivity index (χ3v) is 8.13. The Balaban J connectivity index is 2.05. The van der Waals surface area contributed by atoms with Gasteiger partial charge in [-0.25, -0.2) is 12.8 Å². The van der Waals surface area contributed by atoms with Gasteiger partial charge in [-0.15, -0.1) is 0 Å². The zero-order valence-electron chi connectivity index (χ0n) is 21.7. The minimum absolute atomic E-state index is 0.000947. The molecule has 0 aromatic heterocycles. The summed E-state index contributed by atoms with van der Waals surface area (Å²) >= 11 is 0. The van der Waals surface area contributed by atoms with E-state index in [0.717, 1.165) is 21.0 Å². The molecule has 9 heteroatoms. The van der Waals surface area contributed by atoms with Gasteiger partial charge in [-0.05, 0) is 80.8 Å². The van der Waals surface area contributed by atoms with E-state index in [-0.39, 0.29) is 11.4 Å². The van der Waals surface area contributed by atoms with Crippen molar-refractivity contribution in [2.24, 2.45) is 0 Å². The number of anilines is 1. The zero-order chi connectivity index (χ0) is 27.3. The molecule has 0 fully saturated rings. The lowest BCUT2D eigenvalue weighted by Gasteiger charge is -2.32. The number of carbonyl (C=O) groups excluding carboxylic acids is 2. The first-order valence-corrected chi connectivity index (χ1v) is 13.3. The van der Waals surface area contributed by atoms with Crippen molar-refractivity contribution in [3.63, 3.8) is 0 Å². The molecule has 3 aromatic carbocycles. The highest BCUT2D eigenvalue weighted by Crippen LogP contribution is 2.27. The first kappa shape index (κ1) is 27.9. The van der Waals surface area contributed by atoms with E-state index in [0.29, 0.717) is 11.3 Å². The highest BCUT2D eigenvalue weighted by Gasteiger charge is 2.32. The molecule has 0 aliphatic rings. The molecule has 0 aliphatic heterocycles. The van der Waals surface area contributed by atoms with Crippen LogP contribution in [-0.2, 0) is 26.2 Å². The molecule has 196 valence electrons. The summed E-state index contributed by atoms with van der Waals surface area (Å²) < 4.78 is 42.1. The third-order valence-electron chi connectivity index (χ3n) is 6.35. The molecule has 7 nitrogen and oxygen atoms in total. The van der Waals surface area contributed by atoms with E-state index < -0.39 is 40.2 Å². The van der Waals surface area contributed by atoms with E-state index in [2.05, 4.69) is 5.32 Å². The summed E-state index contributed by atoms with van der Waals surface area (Å²) in [5.41, 5.74) is 3.69. The van der Waals surface area contributed by atoms with Gasteiger partial charge < -0.3 is 10.2 Å². The van der Waals surface area contributed by atoms with Crippen molar-refractivity contribution in [2.75, 3.05) is 17.9 Å².